The topological polar surface area (TPSA) is 83.1 Å². The fourth-order valence-electron chi connectivity index (χ4n) is 3.45. The first-order valence-corrected chi connectivity index (χ1v) is 8.84. The maximum Gasteiger partial charge on any atom is 0.330 e. The number of anilines is 1. The summed E-state index contributed by atoms with van der Waals surface area (Å²) < 4.78 is 16.8. The summed E-state index contributed by atoms with van der Waals surface area (Å²) in [6.07, 6.45) is 3.36. The highest BCUT2D eigenvalue weighted by Gasteiger charge is 2.22. The van der Waals surface area contributed by atoms with Crippen LogP contribution in [0.1, 0.15) is 24.0 Å². The maximum absolute atomic E-state index is 14.3. The minimum Gasteiger partial charge on any atom is -0.368 e. The van der Waals surface area contributed by atoms with Gasteiger partial charge in [0.15, 0.2) is 0 Å². The Kier molecular flexibility index (Phi) is 5.42. The van der Waals surface area contributed by atoms with Crippen molar-refractivity contribution in [2.75, 3.05) is 18.0 Å². The van der Waals surface area contributed by atoms with Crippen LogP contribution in [-0.4, -0.2) is 28.3 Å². The van der Waals surface area contributed by atoms with E-state index in [1.54, 1.807) is 25.4 Å². The van der Waals surface area contributed by atoms with Gasteiger partial charge in [0.2, 0.25) is 0 Å². The van der Waals surface area contributed by atoms with E-state index in [2.05, 4.69) is 5.32 Å². The van der Waals surface area contributed by atoms with Gasteiger partial charge in [0.1, 0.15) is 5.82 Å². The van der Waals surface area contributed by atoms with E-state index in [1.165, 1.54) is 17.7 Å². The lowest BCUT2D eigenvalue weighted by atomic mass is 10.0. The van der Waals surface area contributed by atoms with Gasteiger partial charge < -0.3 is 14.8 Å². The molecule has 1 N–H and O–H groups in total. The second-order valence-corrected chi connectivity index (χ2v) is 6.86. The van der Waals surface area contributed by atoms with E-state index in [-0.39, 0.29) is 17.3 Å². The number of hydrogen-bond acceptors (Lipinski definition) is 5. The lowest BCUT2D eigenvalue weighted by Crippen LogP contribution is -2.47. The van der Waals surface area contributed by atoms with E-state index in [4.69, 9.17) is 5.26 Å². The zero-order valence-electron chi connectivity index (χ0n) is 15.4. The van der Waals surface area contributed by atoms with Gasteiger partial charge in [0, 0.05) is 51.5 Å². The lowest BCUT2D eigenvalue weighted by Gasteiger charge is -2.35. The number of aromatic nitrogens is 2. The number of nitrogens with one attached hydrogen (secondary N) is 1. The van der Waals surface area contributed by atoms with E-state index < -0.39 is 5.82 Å². The second kappa shape index (κ2) is 7.76. The summed E-state index contributed by atoms with van der Waals surface area (Å²) in [6, 6.07) is 6.53. The van der Waals surface area contributed by atoms with Crippen molar-refractivity contribution >= 4 is 5.69 Å². The Hall–Kier alpha value is -2.92. The number of hydrogen-bond donors (Lipinski definition) is 1. The van der Waals surface area contributed by atoms with Crippen molar-refractivity contribution < 1.29 is 4.39 Å². The molecule has 0 radical (unpaired) electrons. The second-order valence-electron chi connectivity index (χ2n) is 6.86. The zero-order valence-corrected chi connectivity index (χ0v) is 15.4. The van der Waals surface area contributed by atoms with Crippen LogP contribution in [0.5, 0.6) is 0 Å². The molecule has 1 aromatic heterocycles. The molecule has 8 heteroatoms. The number of piperidine rings is 1. The highest BCUT2D eigenvalue weighted by Crippen LogP contribution is 2.24. The number of benzene rings is 1. The van der Waals surface area contributed by atoms with E-state index in [0.29, 0.717) is 29.9 Å². The molecule has 7 nitrogen and oxygen atoms in total. The zero-order chi connectivity index (χ0) is 19.6. The minimum absolute atomic E-state index is 0.0933. The molecule has 0 spiro atoms. The summed E-state index contributed by atoms with van der Waals surface area (Å²) in [7, 11) is 3.07. The SMILES string of the molecule is Cn1cc(CN[C@@H]2CCCN(c3ccc(C#N)cc3F)C2)c(=O)n(C)c1=O. The molecule has 0 aliphatic carbocycles. The fraction of sp³-hybridized carbons (Fsp3) is 0.421. The van der Waals surface area contributed by atoms with Gasteiger partial charge in [-0.25, -0.2) is 9.18 Å². The van der Waals surface area contributed by atoms with Crippen molar-refractivity contribution in [3.8, 4) is 6.07 Å². The van der Waals surface area contributed by atoms with Crippen LogP contribution in [-0.2, 0) is 20.6 Å². The molecule has 27 heavy (non-hydrogen) atoms. The molecule has 1 aliphatic heterocycles. The van der Waals surface area contributed by atoms with Crippen molar-refractivity contribution in [3.05, 3.63) is 62.2 Å². The van der Waals surface area contributed by atoms with Crippen LogP contribution in [0.3, 0.4) is 0 Å². The summed E-state index contributed by atoms with van der Waals surface area (Å²) in [5.41, 5.74) is 0.633. The van der Waals surface area contributed by atoms with Crippen molar-refractivity contribution in [2.24, 2.45) is 14.1 Å². The monoisotopic (exact) mass is 371 g/mol. The summed E-state index contributed by atoms with van der Waals surface area (Å²) in [4.78, 5) is 26.0. The highest BCUT2D eigenvalue weighted by atomic mass is 19.1. The Morgan fingerprint density at radius 2 is 2.11 bits per heavy atom. The molecular formula is C19H22FN5O2. The normalized spacial score (nSPS) is 17.0. The van der Waals surface area contributed by atoms with Crippen molar-refractivity contribution in [2.45, 2.75) is 25.4 Å². The van der Waals surface area contributed by atoms with Crippen molar-refractivity contribution in [1.82, 2.24) is 14.5 Å². The summed E-state index contributed by atoms with van der Waals surface area (Å²) >= 11 is 0. The summed E-state index contributed by atoms with van der Waals surface area (Å²) in [5, 5.41) is 12.2. The molecule has 1 fully saturated rings. The molecule has 0 saturated carbocycles. The van der Waals surface area contributed by atoms with Crippen LogP contribution in [0.4, 0.5) is 10.1 Å². The first-order chi connectivity index (χ1) is 12.9. The van der Waals surface area contributed by atoms with Crippen molar-refractivity contribution in [3.63, 3.8) is 0 Å². The van der Waals surface area contributed by atoms with Crippen LogP contribution in [0.25, 0.3) is 0 Å². The Morgan fingerprint density at radius 3 is 2.81 bits per heavy atom. The quantitative estimate of drug-likeness (QED) is 0.862. The van der Waals surface area contributed by atoms with Gasteiger partial charge >= 0.3 is 5.69 Å². The smallest absolute Gasteiger partial charge is 0.330 e. The fourth-order valence-corrected chi connectivity index (χ4v) is 3.45. The standard InChI is InChI=1S/C19H22FN5O2/c1-23-11-14(18(26)24(2)19(23)27)10-22-15-4-3-7-25(12-15)17-6-5-13(9-21)8-16(17)20/h5-6,8,11,15,22H,3-4,7,10,12H2,1-2H3/t15-/m1/s1. The molecule has 0 bridgehead atoms. The molecule has 2 heterocycles. The third kappa shape index (κ3) is 3.93. The van der Waals surface area contributed by atoms with Gasteiger partial charge in [-0.1, -0.05) is 0 Å². The van der Waals surface area contributed by atoms with Crippen LogP contribution in [0.2, 0.25) is 0 Å². The van der Waals surface area contributed by atoms with E-state index in [9.17, 15) is 14.0 Å². The van der Waals surface area contributed by atoms with E-state index >= 15 is 0 Å². The number of aryl methyl sites for hydroxylation is 1. The molecular weight excluding hydrogens is 349 g/mol. The molecule has 2 aromatic rings. The first-order valence-electron chi connectivity index (χ1n) is 8.84. The largest absolute Gasteiger partial charge is 0.368 e. The number of rotatable bonds is 4. The predicted octanol–water partition coefficient (Wildman–Crippen LogP) is 0.853. The highest BCUT2D eigenvalue weighted by molar-refractivity contribution is 5.51. The molecule has 1 aromatic carbocycles. The molecule has 142 valence electrons. The average Bonchev–Trinajstić information content (AvgIpc) is 2.68. The molecule has 1 aliphatic rings. The molecule has 3 rings (SSSR count). The van der Waals surface area contributed by atoms with Crippen LogP contribution < -0.4 is 21.5 Å². The number of nitrogens with zero attached hydrogens (tertiary/aromatic N) is 4. The van der Waals surface area contributed by atoms with Crippen LogP contribution in [0, 0.1) is 17.1 Å². The molecule has 0 amide bonds. The number of nitriles is 1. The first kappa shape index (κ1) is 18.9. The van der Waals surface area contributed by atoms with E-state index in [1.807, 2.05) is 11.0 Å². The van der Waals surface area contributed by atoms with Gasteiger partial charge in [-0.3, -0.25) is 9.36 Å². The van der Waals surface area contributed by atoms with Gasteiger partial charge in [0.25, 0.3) is 5.56 Å². The Morgan fingerprint density at radius 1 is 1.33 bits per heavy atom. The van der Waals surface area contributed by atoms with Crippen molar-refractivity contribution in [1.29, 1.82) is 5.26 Å². The maximum atomic E-state index is 14.3. The number of halogens is 1. The Bertz CT molecular complexity index is 1000. The Labute approximate surface area is 156 Å². The minimum atomic E-state index is -0.401. The van der Waals surface area contributed by atoms with Crippen LogP contribution in [0.15, 0.2) is 34.0 Å². The third-order valence-corrected chi connectivity index (χ3v) is 4.94. The lowest BCUT2D eigenvalue weighted by molar-refractivity contribution is 0.416. The Balaban J connectivity index is 1.70. The van der Waals surface area contributed by atoms with Gasteiger partial charge in [-0.2, -0.15) is 5.26 Å². The van der Waals surface area contributed by atoms with Crippen LogP contribution >= 0.6 is 0 Å². The third-order valence-electron chi connectivity index (χ3n) is 4.94. The van der Waals surface area contributed by atoms with Gasteiger partial charge in [-0.15, -0.1) is 0 Å². The predicted molar refractivity (Wildman–Crippen MR) is 100 cm³/mol. The van der Waals surface area contributed by atoms with Gasteiger partial charge in [-0.05, 0) is 31.0 Å². The molecule has 1 saturated heterocycles. The average molecular weight is 371 g/mol. The van der Waals surface area contributed by atoms with E-state index in [0.717, 1.165) is 24.0 Å². The molecule has 0 unspecified atom stereocenters. The summed E-state index contributed by atoms with van der Waals surface area (Å²) in [6.45, 7) is 1.69. The van der Waals surface area contributed by atoms with Gasteiger partial charge in [0.05, 0.1) is 17.3 Å². The summed E-state index contributed by atoms with van der Waals surface area (Å²) in [5.74, 6) is -0.401. The molecule has 1 atom stereocenters.